The van der Waals surface area contributed by atoms with E-state index >= 15 is 0 Å². The van der Waals surface area contributed by atoms with E-state index < -0.39 is 11.8 Å². The molecule has 2 heterocycles. The number of hydrogen-bond acceptors (Lipinski definition) is 5. The van der Waals surface area contributed by atoms with E-state index in [4.69, 9.17) is 17.0 Å². The van der Waals surface area contributed by atoms with Gasteiger partial charge in [0.05, 0.1) is 12.3 Å². The summed E-state index contributed by atoms with van der Waals surface area (Å²) in [6, 6.07) is 8.99. The van der Waals surface area contributed by atoms with Crippen molar-refractivity contribution in [1.82, 2.24) is 5.32 Å². The van der Waals surface area contributed by atoms with Crippen LogP contribution in [0.25, 0.3) is 6.08 Å². The van der Waals surface area contributed by atoms with Crippen molar-refractivity contribution >= 4 is 52.2 Å². The van der Waals surface area contributed by atoms with Gasteiger partial charge in [0.15, 0.2) is 5.11 Å². The van der Waals surface area contributed by atoms with E-state index in [9.17, 15) is 9.59 Å². The Morgan fingerprint density at radius 1 is 1.32 bits per heavy atom. The molecule has 1 N–H and O–H groups in total. The molecule has 128 valence electrons. The first-order chi connectivity index (χ1) is 12.0. The van der Waals surface area contributed by atoms with Gasteiger partial charge >= 0.3 is 0 Å². The summed E-state index contributed by atoms with van der Waals surface area (Å²) in [6.07, 6.45) is 1.61. The van der Waals surface area contributed by atoms with Crippen molar-refractivity contribution in [2.24, 2.45) is 0 Å². The maximum Gasteiger partial charge on any atom is 0.270 e. The van der Waals surface area contributed by atoms with Crippen LogP contribution in [0.3, 0.4) is 0 Å². The lowest BCUT2D eigenvalue weighted by Crippen LogP contribution is -2.54. The Hall–Kier alpha value is -2.51. The van der Waals surface area contributed by atoms with Crippen LogP contribution in [-0.2, 0) is 9.59 Å². The SMILES string of the molecule is CCOc1cccc(N2C(=O)/C(=C/c3sccc3C)C(=O)NC2=S)c1. The molecule has 0 radical (unpaired) electrons. The summed E-state index contributed by atoms with van der Waals surface area (Å²) >= 11 is 6.68. The molecule has 3 rings (SSSR count). The van der Waals surface area contributed by atoms with Crippen LogP contribution in [0.2, 0.25) is 0 Å². The minimum absolute atomic E-state index is 0.0564. The molecule has 0 atom stereocenters. The minimum Gasteiger partial charge on any atom is -0.494 e. The molecule has 7 heteroatoms. The first kappa shape index (κ1) is 17.3. The van der Waals surface area contributed by atoms with Crippen molar-refractivity contribution in [1.29, 1.82) is 0 Å². The summed E-state index contributed by atoms with van der Waals surface area (Å²) in [4.78, 5) is 27.4. The lowest BCUT2D eigenvalue weighted by Gasteiger charge is -2.29. The Labute approximate surface area is 154 Å². The Bertz CT molecular complexity index is 886. The van der Waals surface area contributed by atoms with Gasteiger partial charge in [0.1, 0.15) is 11.3 Å². The molecule has 0 bridgehead atoms. The van der Waals surface area contributed by atoms with Gasteiger partial charge in [0, 0.05) is 10.9 Å². The summed E-state index contributed by atoms with van der Waals surface area (Å²) < 4.78 is 5.48. The Morgan fingerprint density at radius 2 is 2.12 bits per heavy atom. The molecule has 1 aliphatic rings. The third kappa shape index (κ3) is 3.47. The predicted octanol–water partition coefficient (Wildman–Crippen LogP) is 3.29. The maximum absolute atomic E-state index is 12.9. The molecular weight excluding hydrogens is 356 g/mol. The van der Waals surface area contributed by atoms with Crippen molar-refractivity contribution in [3.63, 3.8) is 0 Å². The maximum atomic E-state index is 12.9. The van der Waals surface area contributed by atoms with E-state index in [1.54, 1.807) is 30.3 Å². The summed E-state index contributed by atoms with van der Waals surface area (Å²) in [7, 11) is 0. The third-order valence-electron chi connectivity index (χ3n) is 3.67. The lowest BCUT2D eigenvalue weighted by molar-refractivity contribution is -0.122. The summed E-state index contributed by atoms with van der Waals surface area (Å²) in [5.41, 5.74) is 1.62. The summed E-state index contributed by atoms with van der Waals surface area (Å²) in [6.45, 7) is 4.33. The van der Waals surface area contributed by atoms with Gasteiger partial charge in [0.2, 0.25) is 0 Å². The Morgan fingerprint density at radius 3 is 2.80 bits per heavy atom. The quantitative estimate of drug-likeness (QED) is 0.508. The molecule has 1 saturated heterocycles. The van der Waals surface area contributed by atoms with Crippen LogP contribution in [0.1, 0.15) is 17.4 Å². The average Bonchev–Trinajstić information content (AvgIpc) is 2.97. The van der Waals surface area contributed by atoms with Crippen LogP contribution in [0, 0.1) is 6.92 Å². The number of amides is 2. The monoisotopic (exact) mass is 372 g/mol. The van der Waals surface area contributed by atoms with E-state index in [-0.39, 0.29) is 10.7 Å². The normalized spacial score (nSPS) is 16.3. The molecule has 0 saturated carbocycles. The number of nitrogens with zero attached hydrogens (tertiary/aromatic N) is 1. The van der Waals surface area contributed by atoms with E-state index in [1.165, 1.54) is 16.2 Å². The number of thiophene rings is 1. The number of benzene rings is 1. The molecule has 25 heavy (non-hydrogen) atoms. The first-order valence-corrected chi connectivity index (χ1v) is 8.98. The van der Waals surface area contributed by atoms with Crippen molar-refractivity contribution < 1.29 is 14.3 Å². The Kier molecular flexibility index (Phi) is 4.96. The van der Waals surface area contributed by atoms with Crippen molar-refractivity contribution in [3.05, 3.63) is 51.7 Å². The second kappa shape index (κ2) is 7.16. The van der Waals surface area contributed by atoms with Crippen LogP contribution in [0.5, 0.6) is 5.75 Å². The van der Waals surface area contributed by atoms with Gasteiger partial charge in [-0.25, -0.2) is 0 Å². The van der Waals surface area contributed by atoms with Gasteiger partial charge in [-0.3, -0.25) is 19.8 Å². The third-order valence-corrected chi connectivity index (χ3v) is 4.92. The molecule has 2 amide bonds. The van der Waals surface area contributed by atoms with Crippen molar-refractivity contribution in [2.75, 3.05) is 11.5 Å². The molecule has 0 unspecified atom stereocenters. The molecular formula is C18H16N2O3S2. The first-order valence-electron chi connectivity index (χ1n) is 7.69. The molecule has 0 spiro atoms. The zero-order chi connectivity index (χ0) is 18.0. The number of anilines is 1. The number of hydrogen-bond donors (Lipinski definition) is 1. The molecule has 5 nitrogen and oxygen atoms in total. The number of ether oxygens (including phenoxy) is 1. The van der Waals surface area contributed by atoms with Crippen LogP contribution < -0.4 is 15.0 Å². The second-order valence-electron chi connectivity index (χ2n) is 5.36. The summed E-state index contributed by atoms with van der Waals surface area (Å²) in [5, 5.41) is 4.56. The highest BCUT2D eigenvalue weighted by Gasteiger charge is 2.34. The minimum atomic E-state index is -0.486. The molecule has 1 aromatic carbocycles. The average molecular weight is 372 g/mol. The number of carbonyl (C=O) groups is 2. The van der Waals surface area contributed by atoms with Gasteiger partial charge in [0.25, 0.3) is 11.8 Å². The zero-order valence-electron chi connectivity index (χ0n) is 13.7. The van der Waals surface area contributed by atoms with Gasteiger partial charge < -0.3 is 4.74 Å². The second-order valence-corrected chi connectivity index (χ2v) is 6.69. The highest BCUT2D eigenvalue weighted by Crippen LogP contribution is 2.27. The van der Waals surface area contributed by atoms with Crippen LogP contribution in [0.15, 0.2) is 41.3 Å². The summed E-state index contributed by atoms with van der Waals surface area (Å²) in [5.74, 6) is -0.303. The molecule has 0 aliphatic carbocycles. The number of thiocarbonyl (C=S) groups is 1. The van der Waals surface area contributed by atoms with Gasteiger partial charge in [-0.15, -0.1) is 11.3 Å². The van der Waals surface area contributed by atoms with Gasteiger partial charge in [-0.1, -0.05) is 6.07 Å². The standard InChI is InChI=1S/C18H16N2O3S2/c1-3-23-13-6-4-5-12(9-13)20-17(22)14(16(21)19-18(20)24)10-15-11(2)7-8-25-15/h4-10H,3H2,1-2H3,(H,19,21,24)/b14-10+. The van der Waals surface area contributed by atoms with Gasteiger partial charge in [-0.05, 0) is 61.3 Å². The Balaban J connectivity index is 2.00. The van der Waals surface area contributed by atoms with Crippen LogP contribution in [0.4, 0.5) is 5.69 Å². The predicted molar refractivity (Wildman–Crippen MR) is 103 cm³/mol. The largest absolute Gasteiger partial charge is 0.494 e. The topological polar surface area (TPSA) is 58.6 Å². The number of carbonyl (C=O) groups excluding carboxylic acids is 2. The van der Waals surface area contributed by atoms with Crippen LogP contribution >= 0.6 is 23.6 Å². The fraction of sp³-hybridized carbons (Fsp3) is 0.167. The van der Waals surface area contributed by atoms with Crippen LogP contribution in [-0.4, -0.2) is 23.5 Å². The zero-order valence-corrected chi connectivity index (χ0v) is 15.4. The van der Waals surface area contributed by atoms with Crippen molar-refractivity contribution in [3.8, 4) is 5.75 Å². The fourth-order valence-corrected chi connectivity index (χ4v) is 3.57. The van der Waals surface area contributed by atoms with Crippen molar-refractivity contribution in [2.45, 2.75) is 13.8 Å². The highest BCUT2D eigenvalue weighted by atomic mass is 32.1. The number of nitrogens with one attached hydrogen (secondary N) is 1. The fourth-order valence-electron chi connectivity index (χ4n) is 2.43. The highest BCUT2D eigenvalue weighted by molar-refractivity contribution is 7.80. The number of aryl methyl sites for hydroxylation is 1. The lowest BCUT2D eigenvalue weighted by atomic mass is 10.1. The molecule has 2 aromatic rings. The van der Waals surface area contributed by atoms with E-state index in [1.807, 2.05) is 25.3 Å². The smallest absolute Gasteiger partial charge is 0.270 e. The molecule has 1 fully saturated rings. The van der Waals surface area contributed by atoms with E-state index in [0.717, 1.165) is 10.4 Å². The molecule has 1 aliphatic heterocycles. The molecule has 1 aromatic heterocycles. The number of rotatable bonds is 4. The van der Waals surface area contributed by atoms with Gasteiger partial charge in [-0.2, -0.15) is 0 Å². The van der Waals surface area contributed by atoms with E-state index in [2.05, 4.69) is 5.32 Å². The van der Waals surface area contributed by atoms with E-state index in [0.29, 0.717) is 18.0 Å².